The van der Waals surface area contributed by atoms with Crippen molar-refractivity contribution in [1.82, 2.24) is 0 Å². The van der Waals surface area contributed by atoms with Gasteiger partial charge >= 0.3 is 0 Å². The number of carbonyl (C=O) groups is 4. The minimum atomic E-state index is -1.40. The third-order valence-corrected chi connectivity index (χ3v) is 11.4. The number of anilines is 2. The average Bonchev–Trinajstić information content (AvgIpc) is 3.47. The van der Waals surface area contributed by atoms with Gasteiger partial charge in [-0.3, -0.25) is 19.2 Å². The molecule has 9 heteroatoms. The lowest BCUT2D eigenvalue weighted by Crippen LogP contribution is -2.53. The first-order valence-electron chi connectivity index (χ1n) is 15.9. The molecule has 0 radical (unpaired) electrons. The van der Waals surface area contributed by atoms with Crippen molar-refractivity contribution in [3.8, 4) is 5.75 Å². The molecular weight excluding hydrogens is 647 g/mol. The Morgan fingerprint density at radius 2 is 1.50 bits per heavy atom. The molecule has 4 aromatic carbocycles. The summed E-state index contributed by atoms with van der Waals surface area (Å²) >= 11 is 12.8. The summed E-state index contributed by atoms with van der Waals surface area (Å²) in [5.74, 6) is -4.91. The molecule has 240 valence electrons. The largest absolute Gasteiger partial charge is 0.508 e. The molecule has 6 atom stereocenters. The summed E-state index contributed by atoms with van der Waals surface area (Å²) in [6.45, 7) is 1.85. The molecule has 1 saturated carbocycles. The van der Waals surface area contributed by atoms with Gasteiger partial charge in [-0.1, -0.05) is 89.4 Å². The number of carbonyl (C=O) groups excluding carboxylic acids is 4. The molecule has 4 amide bonds. The molecule has 2 aliphatic carbocycles. The number of rotatable bonds is 4. The monoisotopic (exact) mass is 676 g/mol. The molecule has 0 aromatic heterocycles. The van der Waals surface area contributed by atoms with Crippen LogP contribution in [0.3, 0.4) is 0 Å². The van der Waals surface area contributed by atoms with E-state index >= 15 is 4.79 Å². The molecule has 6 unspecified atom stereocenters. The predicted octanol–water partition coefficient (Wildman–Crippen LogP) is 7.37. The van der Waals surface area contributed by atoms with Gasteiger partial charge in [-0.15, -0.1) is 0 Å². The van der Waals surface area contributed by atoms with Crippen molar-refractivity contribution >= 4 is 58.2 Å². The van der Waals surface area contributed by atoms with Crippen LogP contribution in [0.2, 0.25) is 10.0 Å². The van der Waals surface area contributed by atoms with Crippen LogP contribution in [0.25, 0.3) is 0 Å². The fourth-order valence-electron chi connectivity index (χ4n) is 8.80. The van der Waals surface area contributed by atoms with Gasteiger partial charge in [0.2, 0.25) is 23.6 Å². The average molecular weight is 678 g/mol. The van der Waals surface area contributed by atoms with Gasteiger partial charge in [0.25, 0.3) is 0 Å². The van der Waals surface area contributed by atoms with Gasteiger partial charge in [0, 0.05) is 16.0 Å². The summed E-state index contributed by atoms with van der Waals surface area (Å²) in [4.78, 5) is 60.8. The van der Waals surface area contributed by atoms with Crippen molar-refractivity contribution in [2.75, 3.05) is 9.80 Å². The van der Waals surface area contributed by atoms with Crippen LogP contribution >= 0.6 is 23.2 Å². The second-order valence-electron chi connectivity index (χ2n) is 13.1. The van der Waals surface area contributed by atoms with E-state index in [2.05, 4.69) is 0 Å². The van der Waals surface area contributed by atoms with Crippen molar-refractivity contribution in [2.24, 2.45) is 23.7 Å². The number of allylic oxidation sites excluding steroid dienone is 2. The van der Waals surface area contributed by atoms with Crippen LogP contribution in [0, 0.1) is 30.6 Å². The third-order valence-electron chi connectivity index (χ3n) is 10.8. The van der Waals surface area contributed by atoms with E-state index in [1.54, 1.807) is 60.7 Å². The first-order valence-corrected chi connectivity index (χ1v) is 16.7. The molecule has 3 fully saturated rings. The first-order chi connectivity index (χ1) is 23.1. The molecule has 4 aliphatic rings. The second-order valence-corrected chi connectivity index (χ2v) is 14.0. The minimum absolute atomic E-state index is 0.0155. The molecule has 2 saturated heterocycles. The van der Waals surface area contributed by atoms with E-state index in [0.717, 1.165) is 11.1 Å². The van der Waals surface area contributed by atoms with Crippen molar-refractivity contribution in [3.05, 3.63) is 135 Å². The predicted molar refractivity (Wildman–Crippen MR) is 183 cm³/mol. The summed E-state index contributed by atoms with van der Waals surface area (Å²) in [7, 11) is 0. The number of fused-ring (bicyclic) bond motifs is 4. The molecular formula is C39H30Cl2N2O5. The van der Waals surface area contributed by atoms with Crippen LogP contribution in [-0.2, 0) is 24.6 Å². The lowest BCUT2D eigenvalue weighted by Gasteiger charge is -2.50. The number of nitrogens with zero attached hydrogens (tertiary/aromatic N) is 2. The maximum Gasteiger partial charge on any atom is 0.246 e. The van der Waals surface area contributed by atoms with E-state index in [1.807, 2.05) is 49.4 Å². The summed E-state index contributed by atoms with van der Waals surface area (Å²) in [5, 5.41) is 11.6. The zero-order chi connectivity index (χ0) is 33.5. The number of phenols is 1. The number of aromatic hydroxyl groups is 1. The van der Waals surface area contributed by atoms with E-state index in [9.17, 15) is 19.5 Å². The molecule has 0 bridgehead atoms. The smallest absolute Gasteiger partial charge is 0.246 e. The number of hydrogen-bond acceptors (Lipinski definition) is 5. The van der Waals surface area contributed by atoms with E-state index in [4.69, 9.17) is 23.2 Å². The first kappa shape index (κ1) is 30.6. The number of phenolic OH excluding ortho intramolecular Hbond substituents is 1. The number of halogens is 2. The molecule has 8 rings (SSSR count). The van der Waals surface area contributed by atoms with Gasteiger partial charge in [0.1, 0.15) is 5.75 Å². The standard InChI is InChI=1S/C39H30Cl2N2O5/c1-21-13-14-26(19-32(21)41)42-35(45)29-16-15-28-30(33(29)37(42)47)20-31-36(46)43(25-11-6-10-24(40)18-25)38(48)39(31,23-8-3-2-4-9-23)34(28)22-7-5-12-27(44)17-22/h2-15,17-19,29-31,33-34,44H,16,20H2,1H3. The van der Waals surface area contributed by atoms with Crippen LogP contribution in [0.4, 0.5) is 11.4 Å². The Morgan fingerprint density at radius 3 is 2.23 bits per heavy atom. The molecule has 2 aliphatic heterocycles. The van der Waals surface area contributed by atoms with E-state index in [-0.39, 0.29) is 24.0 Å². The number of aryl methyl sites for hydroxylation is 1. The Morgan fingerprint density at radius 1 is 0.750 bits per heavy atom. The maximum absolute atomic E-state index is 15.2. The van der Waals surface area contributed by atoms with Crippen molar-refractivity contribution in [1.29, 1.82) is 0 Å². The zero-order valence-electron chi connectivity index (χ0n) is 25.8. The highest BCUT2D eigenvalue weighted by molar-refractivity contribution is 6.33. The second kappa shape index (κ2) is 11.2. The summed E-state index contributed by atoms with van der Waals surface area (Å²) < 4.78 is 0. The topological polar surface area (TPSA) is 95.0 Å². The zero-order valence-corrected chi connectivity index (χ0v) is 27.4. The van der Waals surface area contributed by atoms with Crippen LogP contribution in [-0.4, -0.2) is 28.7 Å². The van der Waals surface area contributed by atoms with E-state index in [1.165, 1.54) is 9.80 Å². The molecule has 48 heavy (non-hydrogen) atoms. The Hall–Kier alpha value is -4.72. The normalized spacial score (nSPS) is 27.9. The van der Waals surface area contributed by atoms with Crippen LogP contribution < -0.4 is 9.80 Å². The van der Waals surface area contributed by atoms with Gasteiger partial charge in [0.15, 0.2) is 0 Å². The van der Waals surface area contributed by atoms with Crippen molar-refractivity contribution in [2.45, 2.75) is 31.1 Å². The molecule has 4 aromatic rings. The highest BCUT2D eigenvalue weighted by Crippen LogP contribution is 2.64. The molecule has 7 nitrogen and oxygen atoms in total. The van der Waals surface area contributed by atoms with Gasteiger partial charge in [-0.2, -0.15) is 0 Å². The summed E-state index contributed by atoms with van der Waals surface area (Å²) in [5.41, 5.74) is 2.33. The Kier molecular flexibility index (Phi) is 7.13. The van der Waals surface area contributed by atoms with E-state index in [0.29, 0.717) is 39.0 Å². The van der Waals surface area contributed by atoms with Crippen LogP contribution in [0.1, 0.15) is 35.4 Å². The molecule has 0 spiro atoms. The SMILES string of the molecule is Cc1ccc(N2C(=O)C3CC=C4C(CC5C(=O)N(c6cccc(Cl)c6)C(=O)C5(c5ccccc5)C4c4cccc(O)c4)C3C2=O)cc1Cl. The van der Waals surface area contributed by atoms with Gasteiger partial charge in [0.05, 0.1) is 34.5 Å². The fraction of sp³-hybridized carbons (Fsp3) is 0.231. The van der Waals surface area contributed by atoms with Gasteiger partial charge in [-0.05, 0) is 84.8 Å². The number of imide groups is 2. The number of benzene rings is 4. The van der Waals surface area contributed by atoms with Crippen molar-refractivity contribution < 1.29 is 24.3 Å². The highest BCUT2D eigenvalue weighted by Gasteiger charge is 2.70. The molecule has 1 N–H and O–H groups in total. The Bertz CT molecular complexity index is 2080. The Balaban J connectivity index is 1.34. The fourth-order valence-corrected chi connectivity index (χ4v) is 9.16. The van der Waals surface area contributed by atoms with Crippen LogP contribution in [0.15, 0.2) is 109 Å². The summed E-state index contributed by atoms with van der Waals surface area (Å²) in [6, 6.07) is 27.9. The quantitative estimate of drug-likeness (QED) is 0.180. The number of amides is 4. The minimum Gasteiger partial charge on any atom is -0.508 e. The van der Waals surface area contributed by atoms with Gasteiger partial charge in [-0.25, -0.2) is 9.80 Å². The molecule has 2 heterocycles. The highest BCUT2D eigenvalue weighted by atomic mass is 35.5. The Labute approximate surface area is 287 Å². The summed E-state index contributed by atoms with van der Waals surface area (Å²) in [6.07, 6.45) is 2.47. The third kappa shape index (κ3) is 4.27. The van der Waals surface area contributed by atoms with Crippen molar-refractivity contribution in [3.63, 3.8) is 0 Å². The lowest BCUT2D eigenvalue weighted by atomic mass is 9.49. The van der Waals surface area contributed by atoms with Crippen LogP contribution in [0.5, 0.6) is 5.75 Å². The maximum atomic E-state index is 15.2. The number of hydrogen-bond donors (Lipinski definition) is 1. The van der Waals surface area contributed by atoms with Gasteiger partial charge < -0.3 is 5.11 Å². The lowest BCUT2D eigenvalue weighted by molar-refractivity contribution is -0.127. The van der Waals surface area contributed by atoms with E-state index < -0.39 is 46.8 Å².